The summed E-state index contributed by atoms with van der Waals surface area (Å²) in [6.07, 6.45) is 4.34. The maximum absolute atomic E-state index is 14.6. The first-order chi connectivity index (χ1) is 21.7. The Balaban J connectivity index is 1.49. The molecular formula is C34H48N4O7. The minimum absolute atomic E-state index is 0.237. The molecule has 11 heteroatoms. The molecule has 4 heterocycles. The van der Waals surface area contributed by atoms with Crippen molar-refractivity contribution in [1.29, 1.82) is 0 Å². The number of hydrogen-bond donors (Lipinski definition) is 1. The molecule has 4 saturated heterocycles. The molecule has 1 N–H and O–H groups in total. The summed E-state index contributed by atoms with van der Waals surface area (Å²) in [6, 6.07) is 5.66. The van der Waals surface area contributed by atoms with E-state index in [9.17, 15) is 19.5 Å². The molecule has 0 radical (unpaired) electrons. The van der Waals surface area contributed by atoms with Gasteiger partial charge in [-0.05, 0) is 57.9 Å². The largest absolute Gasteiger partial charge is 0.494 e. The van der Waals surface area contributed by atoms with Crippen LogP contribution in [0.3, 0.4) is 0 Å². The van der Waals surface area contributed by atoms with Crippen molar-refractivity contribution in [3.8, 4) is 5.75 Å². The monoisotopic (exact) mass is 624 g/mol. The third kappa shape index (κ3) is 5.91. The van der Waals surface area contributed by atoms with Crippen LogP contribution in [-0.2, 0) is 23.9 Å². The van der Waals surface area contributed by atoms with Crippen LogP contribution < -0.4 is 9.64 Å². The highest BCUT2D eigenvalue weighted by Crippen LogP contribution is 2.64. The smallest absolute Gasteiger partial charge is 0.248 e. The van der Waals surface area contributed by atoms with Gasteiger partial charge in [-0.15, -0.1) is 13.2 Å². The van der Waals surface area contributed by atoms with Crippen molar-refractivity contribution in [3.05, 3.63) is 49.6 Å². The Bertz CT molecular complexity index is 1270. The highest BCUT2D eigenvalue weighted by molar-refractivity contribution is 6.03. The molecule has 0 aromatic heterocycles. The van der Waals surface area contributed by atoms with Crippen LogP contribution in [0.25, 0.3) is 0 Å². The molecule has 6 atom stereocenters. The Labute approximate surface area is 266 Å². The second kappa shape index (κ2) is 13.6. The van der Waals surface area contributed by atoms with Crippen LogP contribution in [0.1, 0.15) is 33.6 Å². The number of aliphatic hydroxyl groups excluding tert-OH is 1. The van der Waals surface area contributed by atoms with Crippen LogP contribution in [0, 0.1) is 11.8 Å². The van der Waals surface area contributed by atoms with Gasteiger partial charge in [-0.3, -0.25) is 19.3 Å². The summed E-state index contributed by atoms with van der Waals surface area (Å²) in [4.78, 5) is 50.8. The van der Waals surface area contributed by atoms with Crippen molar-refractivity contribution < 1.29 is 33.7 Å². The molecular weight excluding hydrogens is 576 g/mol. The standard InChI is InChI=1S/C34H48N4O7/c1-6-15-36(18-17-35-19-21-43-22-20-35)32(42)29-34-14-13-33(5,45-34)27(28(34)31(41)38(29)24(4)23-39)30(40)37(16-7-2)25-9-11-26(12-10-25)44-8-3/h6-7,9-12,24,27-29,39H,1-2,8,13-23H2,3-5H3/t24-,27+,28+,29?,33-,34?/m1/s1. The van der Waals surface area contributed by atoms with E-state index in [1.807, 2.05) is 38.1 Å². The summed E-state index contributed by atoms with van der Waals surface area (Å²) in [6.45, 7) is 18.0. The first-order valence-corrected chi connectivity index (χ1v) is 16.1. The number of carbonyl (C=O) groups excluding carboxylic acids is 3. The number of likely N-dealkylation sites (tertiary alicyclic amines) is 1. The van der Waals surface area contributed by atoms with Crippen molar-refractivity contribution in [2.45, 2.75) is 56.9 Å². The predicted octanol–water partition coefficient (Wildman–Crippen LogP) is 2.10. The quantitative estimate of drug-likeness (QED) is 0.314. The lowest BCUT2D eigenvalue weighted by atomic mass is 9.66. The Morgan fingerprint density at radius 2 is 1.82 bits per heavy atom. The number of fused-ring (bicyclic) bond motifs is 1. The number of anilines is 1. The number of hydrogen-bond acceptors (Lipinski definition) is 8. The van der Waals surface area contributed by atoms with Gasteiger partial charge in [0, 0.05) is 45.0 Å². The molecule has 0 aliphatic carbocycles. The van der Waals surface area contributed by atoms with Crippen molar-refractivity contribution >= 4 is 23.4 Å². The summed E-state index contributed by atoms with van der Waals surface area (Å²) in [5.74, 6) is -1.81. The van der Waals surface area contributed by atoms with Gasteiger partial charge in [0.1, 0.15) is 17.4 Å². The van der Waals surface area contributed by atoms with Crippen molar-refractivity contribution in [3.63, 3.8) is 0 Å². The van der Waals surface area contributed by atoms with Crippen LogP contribution in [0.5, 0.6) is 5.75 Å². The third-order valence-corrected chi connectivity index (χ3v) is 9.94. The summed E-state index contributed by atoms with van der Waals surface area (Å²) >= 11 is 0. The number of nitrogens with zero attached hydrogens (tertiary/aromatic N) is 4. The molecule has 1 aromatic carbocycles. The molecule has 2 unspecified atom stereocenters. The Morgan fingerprint density at radius 3 is 2.44 bits per heavy atom. The zero-order valence-corrected chi connectivity index (χ0v) is 26.9. The van der Waals surface area contributed by atoms with E-state index in [1.165, 1.54) is 4.90 Å². The second-order valence-corrected chi connectivity index (χ2v) is 12.7. The van der Waals surface area contributed by atoms with Crippen LogP contribution in [0.2, 0.25) is 0 Å². The van der Waals surface area contributed by atoms with Crippen LogP contribution in [0.15, 0.2) is 49.6 Å². The zero-order valence-electron chi connectivity index (χ0n) is 26.9. The molecule has 2 bridgehead atoms. The van der Waals surface area contributed by atoms with Gasteiger partial charge >= 0.3 is 0 Å². The van der Waals surface area contributed by atoms with Crippen LogP contribution >= 0.6 is 0 Å². The first-order valence-electron chi connectivity index (χ1n) is 16.1. The molecule has 246 valence electrons. The Hall–Kier alpha value is -3.25. The van der Waals surface area contributed by atoms with E-state index >= 15 is 0 Å². The molecule has 3 amide bonds. The average Bonchev–Trinajstić information content (AvgIpc) is 3.62. The zero-order chi connectivity index (χ0) is 32.4. The Kier molecular flexibility index (Phi) is 10.0. The van der Waals surface area contributed by atoms with Crippen LogP contribution in [-0.4, -0.2) is 127 Å². The SMILES string of the molecule is C=CCN(CCN1CCOCC1)C(=O)C1N([C@H](C)CO)C(=O)[C@@H]2[C@@H](C(=O)N(CC=C)c3ccc(OCC)cc3)[C@@]3(C)CCC12O3. The van der Waals surface area contributed by atoms with E-state index in [-0.39, 0.29) is 30.9 Å². The van der Waals surface area contributed by atoms with E-state index in [1.54, 1.807) is 28.9 Å². The molecule has 11 nitrogen and oxygen atoms in total. The topological polar surface area (TPSA) is 112 Å². The van der Waals surface area contributed by atoms with Crippen molar-refractivity contribution in [2.24, 2.45) is 11.8 Å². The number of rotatable bonds is 14. The van der Waals surface area contributed by atoms with E-state index in [0.717, 1.165) is 13.1 Å². The van der Waals surface area contributed by atoms with Gasteiger partial charge in [0.2, 0.25) is 17.7 Å². The van der Waals surface area contributed by atoms with E-state index in [4.69, 9.17) is 14.2 Å². The maximum Gasteiger partial charge on any atom is 0.248 e. The third-order valence-electron chi connectivity index (χ3n) is 9.94. The summed E-state index contributed by atoms with van der Waals surface area (Å²) in [5, 5.41) is 10.3. The maximum atomic E-state index is 14.6. The summed E-state index contributed by atoms with van der Waals surface area (Å²) < 4.78 is 17.9. The van der Waals surface area contributed by atoms with Crippen LogP contribution in [0.4, 0.5) is 5.69 Å². The lowest BCUT2D eigenvalue weighted by molar-refractivity contribution is -0.154. The highest BCUT2D eigenvalue weighted by atomic mass is 16.5. The van der Waals surface area contributed by atoms with E-state index in [2.05, 4.69) is 18.1 Å². The fourth-order valence-electron chi connectivity index (χ4n) is 7.80. The number of ether oxygens (including phenoxy) is 3. The summed E-state index contributed by atoms with van der Waals surface area (Å²) in [5.41, 5.74) is -1.47. The number of carbonyl (C=O) groups is 3. The highest BCUT2D eigenvalue weighted by Gasteiger charge is 2.78. The molecule has 0 saturated carbocycles. The molecule has 5 rings (SSSR count). The molecule has 4 aliphatic rings. The average molecular weight is 625 g/mol. The van der Waals surface area contributed by atoms with E-state index in [0.29, 0.717) is 63.7 Å². The van der Waals surface area contributed by atoms with Crippen molar-refractivity contribution in [1.82, 2.24) is 14.7 Å². The second-order valence-electron chi connectivity index (χ2n) is 12.7. The van der Waals surface area contributed by atoms with Gasteiger partial charge in [0.05, 0.1) is 49.9 Å². The number of morpholine rings is 1. The molecule has 1 aromatic rings. The van der Waals surface area contributed by atoms with Gasteiger partial charge in [0.25, 0.3) is 0 Å². The molecule has 1 spiro atoms. The van der Waals surface area contributed by atoms with Crippen molar-refractivity contribution in [2.75, 3.05) is 70.6 Å². The molecule has 4 fully saturated rings. The number of benzene rings is 1. The van der Waals surface area contributed by atoms with Gasteiger partial charge < -0.3 is 34.0 Å². The predicted molar refractivity (Wildman–Crippen MR) is 170 cm³/mol. The fraction of sp³-hybridized carbons (Fsp3) is 0.618. The number of amides is 3. The van der Waals surface area contributed by atoms with Gasteiger partial charge in [-0.2, -0.15) is 0 Å². The lowest BCUT2D eigenvalue weighted by Gasteiger charge is -2.39. The minimum Gasteiger partial charge on any atom is -0.494 e. The summed E-state index contributed by atoms with van der Waals surface area (Å²) in [7, 11) is 0. The van der Waals surface area contributed by atoms with E-state index < -0.39 is 35.1 Å². The molecule has 4 aliphatic heterocycles. The fourth-order valence-corrected chi connectivity index (χ4v) is 7.80. The lowest BCUT2D eigenvalue weighted by Crippen LogP contribution is -2.59. The Morgan fingerprint density at radius 1 is 1.13 bits per heavy atom. The van der Waals surface area contributed by atoms with Gasteiger partial charge in [0.15, 0.2) is 0 Å². The molecule has 45 heavy (non-hydrogen) atoms. The van der Waals surface area contributed by atoms with Gasteiger partial charge in [-0.1, -0.05) is 12.2 Å². The first kappa shape index (κ1) is 33.1. The normalized spacial score (nSPS) is 29.7. The number of aliphatic hydroxyl groups is 1. The van der Waals surface area contributed by atoms with Gasteiger partial charge in [-0.25, -0.2) is 0 Å². The minimum atomic E-state index is -1.19.